The number of thiocarbonyl (C=S) groups is 1. The number of pyridine rings is 1. The molecule has 7 heteroatoms. The van der Waals surface area contributed by atoms with Crippen molar-refractivity contribution in [1.82, 2.24) is 4.98 Å². The zero-order chi connectivity index (χ0) is 14.5. The van der Waals surface area contributed by atoms with Crippen LogP contribution in [0.3, 0.4) is 0 Å². The van der Waals surface area contributed by atoms with E-state index < -0.39 is 0 Å². The van der Waals surface area contributed by atoms with Gasteiger partial charge in [0.25, 0.3) is 0 Å². The number of nitrogens with zero attached hydrogens (tertiary/aromatic N) is 1. The van der Waals surface area contributed by atoms with Gasteiger partial charge in [0.05, 0.1) is 12.8 Å². The molecule has 0 saturated heterocycles. The lowest BCUT2D eigenvalue weighted by Gasteiger charge is -2.13. The minimum Gasteiger partial charge on any atom is -0.495 e. The first-order valence-electron chi connectivity index (χ1n) is 5.61. The van der Waals surface area contributed by atoms with Crippen molar-refractivity contribution in [3.63, 3.8) is 0 Å². The summed E-state index contributed by atoms with van der Waals surface area (Å²) in [6.45, 7) is 0. The van der Waals surface area contributed by atoms with Crippen molar-refractivity contribution in [3.05, 3.63) is 46.0 Å². The predicted octanol–water partition coefficient (Wildman–Crippen LogP) is 4.32. The van der Waals surface area contributed by atoms with Gasteiger partial charge in [0.2, 0.25) is 0 Å². The molecule has 0 spiro atoms. The van der Waals surface area contributed by atoms with E-state index in [-0.39, 0.29) is 0 Å². The molecule has 1 aromatic carbocycles. The average molecular weight is 373 g/mol. The molecule has 2 rings (SSSR count). The number of halogens is 2. The van der Waals surface area contributed by atoms with Gasteiger partial charge in [-0.05, 0) is 58.5 Å². The molecule has 0 unspecified atom stereocenters. The number of hydrogen-bond acceptors (Lipinski definition) is 3. The monoisotopic (exact) mass is 371 g/mol. The number of benzene rings is 1. The largest absolute Gasteiger partial charge is 0.495 e. The van der Waals surface area contributed by atoms with Gasteiger partial charge in [-0.1, -0.05) is 11.6 Å². The van der Waals surface area contributed by atoms with Crippen LogP contribution < -0.4 is 15.4 Å². The van der Waals surface area contributed by atoms with Crippen LogP contribution in [0.1, 0.15) is 0 Å². The third-order valence-electron chi connectivity index (χ3n) is 2.38. The van der Waals surface area contributed by atoms with Crippen LogP contribution in [0.25, 0.3) is 0 Å². The zero-order valence-electron chi connectivity index (χ0n) is 10.5. The fraction of sp³-hybridized carbons (Fsp3) is 0.0769. The molecule has 0 atom stereocenters. The minimum atomic E-state index is 0.403. The van der Waals surface area contributed by atoms with Gasteiger partial charge < -0.3 is 15.4 Å². The van der Waals surface area contributed by atoms with Crippen molar-refractivity contribution in [2.24, 2.45) is 0 Å². The molecule has 1 heterocycles. The Balaban J connectivity index is 2.08. The highest BCUT2D eigenvalue weighted by Gasteiger charge is 2.06. The van der Waals surface area contributed by atoms with E-state index in [2.05, 4.69) is 31.5 Å². The van der Waals surface area contributed by atoms with Gasteiger partial charge in [-0.3, -0.25) is 0 Å². The second-order valence-corrected chi connectivity index (χ2v) is 5.55. The van der Waals surface area contributed by atoms with Gasteiger partial charge in [0.15, 0.2) is 5.11 Å². The Labute approximate surface area is 135 Å². The fourth-order valence-electron chi connectivity index (χ4n) is 1.50. The summed E-state index contributed by atoms with van der Waals surface area (Å²) in [4.78, 5) is 4.18. The smallest absolute Gasteiger partial charge is 0.176 e. The third kappa shape index (κ3) is 4.06. The van der Waals surface area contributed by atoms with Crippen molar-refractivity contribution >= 4 is 56.4 Å². The van der Waals surface area contributed by atoms with Crippen molar-refractivity contribution in [2.75, 3.05) is 17.7 Å². The molecule has 1 aromatic heterocycles. The van der Waals surface area contributed by atoms with Crippen LogP contribution in [-0.2, 0) is 0 Å². The molecule has 0 bridgehead atoms. The van der Waals surface area contributed by atoms with E-state index in [1.54, 1.807) is 31.5 Å². The second-order valence-electron chi connectivity index (χ2n) is 3.79. The summed E-state index contributed by atoms with van der Waals surface area (Å²) in [7, 11) is 1.58. The normalized spacial score (nSPS) is 9.95. The van der Waals surface area contributed by atoms with E-state index in [1.807, 2.05) is 12.1 Å². The highest BCUT2D eigenvalue weighted by Crippen LogP contribution is 2.27. The molecule has 104 valence electrons. The van der Waals surface area contributed by atoms with E-state index in [9.17, 15) is 0 Å². The van der Waals surface area contributed by atoms with Gasteiger partial charge in [0, 0.05) is 15.7 Å². The lowest BCUT2D eigenvalue weighted by atomic mass is 10.3. The summed E-state index contributed by atoms with van der Waals surface area (Å²) >= 11 is 14.5. The predicted molar refractivity (Wildman–Crippen MR) is 89.8 cm³/mol. The third-order valence-corrected chi connectivity index (χ3v) is 3.29. The van der Waals surface area contributed by atoms with Crippen molar-refractivity contribution in [1.29, 1.82) is 0 Å². The molecule has 0 saturated carbocycles. The van der Waals surface area contributed by atoms with Crippen LogP contribution in [0.5, 0.6) is 5.75 Å². The molecular weight excluding hydrogens is 362 g/mol. The van der Waals surface area contributed by atoms with Crippen LogP contribution in [0.2, 0.25) is 5.02 Å². The lowest BCUT2D eigenvalue weighted by Crippen LogP contribution is -2.20. The maximum Gasteiger partial charge on any atom is 0.176 e. The van der Waals surface area contributed by atoms with E-state index >= 15 is 0 Å². The van der Waals surface area contributed by atoms with Gasteiger partial charge in [-0.15, -0.1) is 0 Å². The highest BCUT2D eigenvalue weighted by molar-refractivity contribution is 9.10. The summed E-state index contributed by atoms with van der Waals surface area (Å²) in [5, 5.41) is 7.00. The molecule has 0 aliphatic carbocycles. The SMILES string of the molecule is COc1ccc(Cl)cc1NC(=S)Nc1ccc(Br)cn1. The Hall–Kier alpha value is -1.37. The van der Waals surface area contributed by atoms with Crippen molar-refractivity contribution in [2.45, 2.75) is 0 Å². The van der Waals surface area contributed by atoms with Crippen molar-refractivity contribution in [3.8, 4) is 5.75 Å². The Morgan fingerprint density at radius 1 is 1.30 bits per heavy atom. The summed E-state index contributed by atoms with van der Waals surface area (Å²) in [6.07, 6.45) is 1.69. The number of aromatic nitrogens is 1. The Morgan fingerprint density at radius 2 is 2.10 bits per heavy atom. The summed E-state index contributed by atoms with van der Waals surface area (Å²) in [5.41, 5.74) is 0.689. The van der Waals surface area contributed by atoms with Crippen LogP contribution in [0.15, 0.2) is 41.0 Å². The summed E-state index contributed by atoms with van der Waals surface area (Å²) in [5.74, 6) is 1.30. The topological polar surface area (TPSA) is 46.2 Å². The van der Waals surface area contributed by atoms with Crippen molar-refractivity contribution < 1.29 is 4.74 Å². The number of ether oxygens (including phenoxy) is 1. The zero-order valence-corrected chi connectivity index (χ0v) is 13.6. The molecule has 4 nitrogen and oxygen atoms in total. The van der Waals surface area contributed by atoms with E-state index in [1.165, 1.54) is 0 Å². The molecule has 0 amide bonds. The highest BCUT2D eigenvalue weighted by atomic mass is 79.9. The molecule has 0 fully saturated rings. The first-order chi connectivity index (χ1) is 9.58. The van der Waals surface area contributed by atoms with Crippen LogP contribution in [-0.4, -0.2) is 17.2 Å². The Kier molecular flexibility index (Phi) is 5.17. The minimum absolute atomic E-state index is 0.403. The molecule has 0 aliphatic heterocycles. The summed E-state index contributed by atoms with van der Waals surface area (Å²) in [6, 6.07) is 8.94. The maximum atomic E-state index is 5.96. The fourth-order valence-corrected chi connectivity index (χ4v) is 2.12. The molecule has 2 aromatic rings. The lowest BCUT2D eigenvalue weighted by molar-refractivity contribution is 0.417. The van der Waals surface area contributed by atoms with E-state index in [0.717, 1.165) is 4.47 Å². The molecule has 0 aliphatic rings. The molecule has 20 heavy (non-hydrogen) atoms. The van der Waals surface area contributed by atoms with E-state index in [4.69, 9.17) is 28.6 Å². The molecule has 2 N–H and O–H groups in total. The first-order valence-corrected chi connectivity index (χ1v) is 7.19. The first kappa shape index (κ1) is 15.0. The van der Waals surface area contributed by atoms with Gasteiger partial charge in [-0.2, -0.15) is 0 Å². The average Bonchev–Trinajstić information content (AvgIpc) is 2.41. The summed E-state index contributed by atoms with van der Waals surface area (Å²) < 4.78 is 6.14. The Morgan fingerprint density at radius 3 is 2.75 bits per heavy atom. The van der Waals surface area contributed by atoms with Crippen LogP contribution >= 0.6 is 39.7 Å². The number of rotatable bonds is 3. The standard InChI is InChI=1S/C13H11BrClN3OS/c1-19-11-4-3-9(15)6-10(11)17-13(20)18-12-5-2-8(14)7-16-12/h2-7H,1H3,(H2,16,17,18,20). The number of nitrogens with one attached hydrogen (secondary N) is 2. The maximum absolute atomic E-state index is 5.96. The number of hydrogen-bond donors (Lipinski definition) is 2. The Bertz CT molecular complexity index is 622. The number of methoxy groups -OCH3 is 1. The van der Waals surface area contributed by atoms with E-state index in [0.29, 0.717) is 27.4 Å². The molecule has 0 radical (unpaired) electrons. The van der Waals surface area contributed by atoms with Gasteiger partial charge in [0.1, 0.15) is 11.6 Å². The van der Waals surface area contributed by atoms with Crippen LogP contribution in [0.4, 0.5) is 11.5 Å². The molecular formula is C13H11BrClN3OS. The van der Waals surface area contributed by atoms with Gasteiger partial charge >= 0.3 is 0 Å². The number of anilines is 2. The van der Waals surface area contributed by atoms with Crippen LogP contribution in [0, 0.1) is 0 Å². The van der Waals surface area contributed by atoms with Gasteiger partial charge in [-0.25, -0.2) is 4.98 Å². The quantitative estimate of drug-likeness (QED) is 0.786. The second kappa shape index (κ2) is 6.88.